The van der Waals surface area contributed by atoms with E-state index in [1.807, 2.05) is 72.8 Å². The summed E-state index contributed by atoms with van der Waals surface area (Å²) in [4.78, 5) is 59.1. The molecule has 1 fully saturated rings. The van der Waals surface area contributed by atoms with E-state index in [9.17, 15) is 19.5 Å². The Morgan fingerprint density at radius 3 is 2.39 bits per heavy atom. The summed E-state index contributed by atoms with van der Waals surface area (Å²) < 4.78 is 19.0. The van der Waals surface area contributed by atoms with Crippen LogP contribution in [-0.2, 0) is 36.0 Å². The number of fused-ring (bicyclic) bond motifs is 3. The maximum atomic E-state index is 15.4. The molecule has 7 rings (SSSR count). The van der Waals surface area contributed by atoms with E-state index in [1.54, 1.807) is 35.2 Å². The molecule has 2 aliphatic rings. The van der Waals surface area contributed by atoms with Crippen molar-refractivity contribution in [3.05, 3.63) is 125 Å². The van der Waals surface area contributed by atoms with E-state index < -0.39 is 25.7 Å². The van der Waals surface area contributed by atoms with Crippen molar-refractivity contribution in [1.82, 2.24) is 14.7 Å². The van der Waals surface area contributed by atoms with E-state index >= 15 is 4.79 Å². The third kappa shape index (κ3) is 7.82. The first-order valence-electron chi connectivity index (χ1n) is 20.2. The highest BCUT2D eigenvalue weighted by atomic mass is 28.3. The van der Waals surface area contributed by atoms with Gasteiger partial charge in [-0.05, 0) is 60.3 Å². The molecular formula is C46H52N4O8Si. The zero-order valence-electron chi connectivity index (χ0n) is 34.3. The quantitative estimate of drug-likeness (QED) is 0.0800. The van der Waals surface area contributed by atoms with Crippen LogP contribution in [-0.4, -0.2) is 85.7 Å². The van der Waals surface area contributed by atoms with Gasteiger partial charge in [-0.25, -0.2) is 0 Å². The zero-order chi connectivity index (χ0) is 41.9. The molecule has 3 heterocycles. The zero-order valence-corrected chi connectivity index (χ0v) is 35.3. The van der Waals surface area contributed by atoms with Gasteiger partial charge in [0.25, 0.3) is 11.5 Å². The number of amides is 2. The number of carbonyl (C=O) groups is 3. The topological polar surface area (TPSA) is 140 Å². The minimum absolute atomic E-state index is 0.0106. The van der Waals surface area contributed by atoms with Crippen LogP contribution in [0.4, 0.5) is 5.69 Å². The molecule has 308 valence electrons. The van der Waals surface area contributed by atoms with Crippen LogP contribution in [0, 0.1) is 5.92 Å². The van der Waals surface area contributed by atoms with Crippen LogP contribution in [0.15, 0.2) is 108 Å². The molecule has 59 heavy (non-hydrogen) atoms. The molecule has 1 saturated heterocycles. The fraction of sp³-hybridized carbons (Fsp3) is 0.370. The van der Waals surface area contributed by atoms with Gasteiger partial charge in [-0.1, -0.05) is 85.9 Å². The highest BCUT2D eigenvalue weighted by molar-refractivity contribution is 6.91. The van der Waals surface area contributed by atoms with Crippen LogP contribution in [0.3, 0.4) is 0 Å². The van der Waals surface area contributed by atoms with E-state index in [4.69, 9.17) is 14.2 Å². The van der Waals surface area contributed by atoms with Gasteiger partial charge >= 0.3 is 5.97 Å². The lowest BCUT2D eigenvalue weighted by atomic mass is 9.82. The number of ether oxygens (including phenoxy) is 3. The summed E-state index contributed by atoms with van der Waals surface area (Å²) in [5, 5.41) is 17.0. The average molecular weight is 817 g/mol. The predicted octanol–water partition coefficient (Wildman–Crippen LogP) is 5.71. The van der Waals surface area contributed by atoms with Crippen molar-refractivity contribution in [2.45, 2.75) is 69.5 Å². The first-order valence-corrected chi connectivity index (χ1v) is 23.3. The summed E-state index contributed by atoms with van der Waals surface area (Å²) in [6.07, 6.45) is 2.23. The van der Waals surface area contributed by atoms with Gasteiger partial charge in [0.1, 0.15) is 5.75 Å². The first-order chi connectivity index (χ1) is 28.4. The van der Waals surface area contributed by atoms with Crippen LogP contribution >= 0.6 is 0 Å². The minimum atomic E-state index is -2.62. The second-order valence-corrected chi connectivity index (χ2v) is 20.7. The maximum Gasteiger partial charge on any atom is 0.305 e. The molecule has 12 nitrogen and oxygen atoms in total. The highest BCUT2D eigenvalue weighted by Gasteiger charge is 2.66. The summed E-state index contributed by atoms with van der Waals surface area (Å²) in [7, 11) is 0.363. The Morgan fingerprint density at radius 1 is 0.949 bits per heavy atom. The van der Waals surface area contributed by atoms with Crippen molar-refractivity contribution >= 4 is 47.5 Å². The molecule has 4 atom stereocenters. The Labute approximate surface area is 345 Å². The number of aliphatic hydroxyl groups is 1. The van der Waals surface area contributed by atoms with Crippen LogP contribution < -0.4 is 20.4 Å². The smallest absolute Gasteiger partial charge is 0.305 e. The lowest BCUT2D eigenvalue weighted by molar-refractivity contribution is -0.149. The van der Waals surface area contributed by atoms with Crippen LogP contribution in [0.2, 0.25) is 18.6 Å². The molecule has 13 heteroatoms. The van der Waals surface area contributed by atoms with Crippen LogP contribution in [0.5, 0.6) is 5.75 Å². The molecule has 2 aliphatic heterocycles. The van der Waals surface area contributed by atoms with Gasteiger partial charge in [0.05, 0.1) is 64.4 Å². The molecule has 0 radical (unpaired) electrons. The summed E-state index contributed by atoms with van der Waals surface area (Å²) in [6, 6.07) is 30.4. The lowest BCUT2D eigenvalue weighted by Crippen LogP contribution is -2.52. The van der Waals surface area contributed by atoms with Gasteiger partial charge in [-0.15, -0.1) is 0 Å². The Kier molecular flexibility index (Phi) is 12.2. The Balaban J connectivity index is 1.34. The fourth-order valence-corrected chi connectivity index (χ4v) is 13.3. The van der Waals surface area contributed by atoms with Crippen molar-refractivity contribution in [3.8, 4) is 11.4 Å². The standard InChI is InChI=1S/C46H52N4O8Si/c1-31-43(59(4,5)36-21-19-35(56-2)20-22-36)40(28-41(52)48(25-26-51)30-32-13-7-6-8-14-32)58-46(31)38-27-34(50-44(54)37-16-10-9-15-33(37)29-47-50)18-23-39(38)49(45(46)55)24-12-11-17-42(53)57-3/h6-10,13-16,18-23,27,29,31,40,43,51H,11-12,17,24-26,28,30H2,1-5H3/t31-,40+,43-,46+/m1/s1. The van der Waals surface area contributed by atoms with Crippen LogP contribution in [0.25, 0.3) is 16.5 Å². The molecular weight excluding hydrogens is 765 g/mol. The van der Waals surface area contributed by atoms with E-state index in [-0.39, 0.29) is 54.9 Å². The fourth-order valence-electron chi connectivity index (χ4n) is 9.29. The number of esters is 1. The Bertz CT molecular complexity index is 2390. The summed E-state index contributed by atoms with van der Waals surface area (Å²) in [5.41, 5.74) is 0.629. The van der Waals surface area contributed by atoms with Crippen molar-refractivity contribution in [2.75, 3.05) is 38.8 Å². The summed E-state index contributed by atoms with van der Waals surface area (Å²) in [6.45, 7) is 7.14. The number of anilines is 1. The molecule has 1 N–H and O–H groups in total. The number of unbranched alkanes of at least 4 members (excludes halogenated alkanes) is 1. The van der Waals surface area contributed by atoms with Gasteiger partial charge in [0.2, 0.25) is 5.91 Å². The molecule has 0 aliphatic carbocycles. The summed E-state index contributed by atoms with van der Waals surface area (Å²) >= 11 is 0. The maximum absolute atomic E-state index is 15.4. The largest absolute Gasteiger partial charge is 0.497 e. The number of benzene rings is 4. The second-order valence-electron chi connectivity index (χ2n) is 16.0. The number of rotatable bonds is 15. The third-order valence-electron chi connectivity index (χ3n) is 12.3. The average Bonchev–Trinajstić information content (AvgIpc) is 3.68. The second kappa shape index (κ2) is 17.3. The number of methoxy groups -OCH3 is 2. The molecule has 1 spiro atoms. The van der Waals surface area contributed by atoms with E-state index in [1.165, 1.54) is 11.8 Å². The highest BCUT2D eigenvalue weighted by Crippen LogP contribution is 2.60. The van der Waals surface area contributed by atoms with Gasteiger partial charge in [0.15, 0.2) is 5.60 Å². The monoisotopic (exact) mass is 816 g/mol. The molecule has 0 unspecified atom stereocenters. The number of hydrogen-bond acceptors (Lipinski definition) is 9. The Morgan fingerprint density at radius 2 is 1.68 bits per heavy atom. The van der Waals surface area contributed by atoms with Gasteiger partial charge < -0.3 is 29.1 Å². The number of aliphatic hydroxyl groups excluding tert-OH is 1. The molecule has 2 amide bonds. The summed E-state index contributed by atoms with van der Waals surface area (Å²) in [5.74, 6) is -0.445. The number of aromatic nitrogens is 2. The molecule has 0 saturated carbocycles. The van der Waals surface area contributed by atoms with Crippen molar-refractivity contribution < 1.29 is 33.7 Å². The van der Waals surface area contributed by atoms with E-state index in [2.05, 4.69) is 37.2 Å². The SMILES string of the molecule is COC(=O)CCCCN1C(=O)[C@@]2(O[C@@H](CC(=O)N(CCO)Cc3ccccc3)[C@H]([Si](C)(C)c3ccc(OC)cc3)[C@H]2C)c2cc(-n3ncc4ccccc4c3=O)ccc21. The number of nitrogens with zero attached hydrogens (tertiary/aromatic N) is 4. The van der Waals surface area contributed by atoms with Crippen LogP contribution in [0.1, 0.15) is 43.7 Å². The van der Waals surface area contributed by atoms with E-state index in [0.717, 1.165) is 21.9 Å². The van der Waals surface area contributed by atoms with Gasteiger partial charge in [0, 0.05) is 42.9 Å². The first kappa shape index (κ1) is 41.5. The van der Waals surface area contributed by atoms with Gasteiger partial charge in [-0.3, -0.25) is 19.2 Å². The number of carbonyl (C=O) groups excluding carboxylic acids is 3. The van der Waals surface area contributed by atoms with Crippen molar-refractivity contribution in [1.29, 1.82) is 0 Å². The van der Waals surface area contributed by atoms with Crippen molar-refractivity contribution in [3.63, 3.8) is 0 Å². The normalized spacial score (nSPS) is 19.9. The van der Waals surface area contributed by atoms with Gasteiger partial charge in [-0.2, -0.15) is 9.78 Å². The number of hydrogen-bond donors (Lipinski definition) is 1. The lowest BCUT2D eigenvalue weighted by Gasteiger charge is -2.37. The molecule has 0 bridgehead atoms. The van der Waals surface area contributed by atoms with Crippen molar-refractivity contribution in [2.24, 2.45) is 5.92 Å². The molecule has 4 aromatic carbocycles. The Hall–Kier alpha value is -5.63. The third-order valence-corrected chi connectivity index (χ3v) is 16.7. The minimum Gasteiger partial charge on any atom is -0.497 e. The molecule has 5 aromatic rings. The van der Waals surface area contributed by atoms with E-state index in [0.29, 0.717) is 48.3 Å². The predicted molar refractivity (Wildman–Crippen MR) is 229 cm³/mol. The molecule has 1 aromatic heterocycles.